The molecule has 1 amide bonds. The number of aromatic nitrogens is 4. The van der Waals surface area contributed by atoms with Gasteiger partial charge in [-0.3, -0.25) is 14.2 Å². The fourth-order valence-corrected chi connectivity index (χ4v) is 3.46. The number of anilines is 1. The molecule has 1 aliphatic heterocycles. The molecular formula is C19H23ClN6O. The molecule has 1 fully saturated rings. The van der Waals surface area contributed by atoms with Crippen molar-refractivity contribution >= 4 is 24.0 Å². The zero-order chi connectivity index (χ0) is 17.9. The number of carbonyl (C=O) groups excluding carboxylic acids is 1. The first-order valence-corrected chi connectivity index (χ1v) is 8.75. The van der Waals surface area contributed by atoms with Gasteiger partial charge in [0, 0.05) is 38.4 Å². The number of carbonyl (C=O) groups is 1. The summed E-state index contributed by atoms with van der Waals surface area (Å²) in [7, 11) is 1.89. The van der Waals surface area contributed by atoms with Gasteiger partial charge in [0.05, 0.1) is 30.5 Å². The smallest absolute Gasteiger partial charge is 0.229 e. The van der Waals surface area contributed by atoms with E-state index < -0.39 is 0 Å². The average Bonchev–Trinajstić information content (AvgIpc) is 3.36. The van der Waals surface area contributed by atoms with Crippen molar-refractivity contribution in [3.63, 3.8) is 0 Å². The van der Waals surface area contributed by atoms with Crippen LogP contribution >= 0.6 is 12.4 Å². The number of nitrogens with zero attached hydrogens (tertiary/aromatic N) is 4. The lowest BCUT2D eigenvalue weighted by molar-refractivity contribution is -0.119. The van der Waals surface area contributed by atoms with Gasteiger partial charge in [-0.2, -0.15) is 10.2 Å². The van der Waals surface area contributed by atoms with Gasteiger partial charge in [-0.05, 0) is 11.1 Å². The molecule has 2 N–H and O–H groups in total. The van der Waals surface area contributed by atoms with Crippen LogP contribution in [0.1, 0.15) is 17.0 Å². The monoisotopic (exact) mass is 386 g/mol. The van der Waals surface area contributed by atoms with E-state index in [0.29, 0.717) is 13.1 Å². The van der Waals surface area contributed by atoms with Crippen molar-refractivity contribution in [2.75, 3.05) is 18.4 Å². The third-order valence-corrected chi connectivity index (χ3v) is 4.79. The highest BCUT2D eigenvalue weighted by atomic mass is 35.5. The molecule has 3 aromatic rings. The summed E-state index contributed by atoms with van der Waals surface area (Å²) >= 11 is 0. The molecule has 1 saturated heterocycles. The normalized spacial score (nSPS) is 18.9. The Balaban J connectivity index is 0.00000210. The van der Waals surface area contributed by atoms with Gasteiger partial charge >= 0.3 is 0 Å². The minimum absolute atomic E-state index is 0. The van der Waals surface area contributed by atoms with Crippen LogP contribution in [-0.2, 0) is 18.4 Å². The van der Waals surface area contributed by atoms with E-state index in [0.717, 1.165) is 17.8 Å². The summed E-state index contributed by atoms with van der Waals surface area (Å²) in [6, 6.07) is 10.1. The van der Waals surface area contributed by atoms with Gasteiger partial charge in [0.15, 0.2) is 0 Å². The second kappa shape index (κ2) is 8.37. The van der Waals surface area contributed by atoms with Crippen molar-refractivity contribution < 1.29 is 4.79 Å². The molecule has 7 nitrogen and oxygen atoms in total. The van der Waals surface area contributed by atoms with Crippen LogP contribution in [0.3, 0.4) is 0 Å². The van der Waals surface area contributed by atoms with Gasteiger partial charge in [0.1, 0.15) is 0 Å². The maximum atomic E-state index is 12.8. The summed E-state index contributed by atoms with van der Waals surface area (Å²) in [5, 5.41) is 14.9. The molecule has 0 bridgehead atoms. The zero-order valence-corrected chi connectivity index (χ0v) is 15.9. The molecule has 0 saturated carbocycles. The summed E-state index contributed by atoms with van der Waals surface area (Å²) in [6.07, 6.45) is 7.39. The molecule has 2 atom stereocenters. The van der Waals surface area contributed by atoms with Crippen LogP contribution in [0.5, 0.6) is 0 Å². The van der Waals surface area contributed by atoms with E-state index >= 15 is 0 Å². The number of rotatable bonds is 5. The number of amides is 1. The van der Waals surface area contributed by atoms with Gasteiger partial charge in [-0.1, -0.05) is 30.3 Å². The number of aryl methyl sites for hydroxylation is 1. The Labute approximate surface area is 164 Å². The number of hydrogen-bond donors (Lipinski definition) is 2. The summed E-state index contributed by atoms with van der Waals surface area (Å²) in [6.45, 7) is 2.14. The van der Waals surface area contributed by atoms with Crippen molar-refractivity contribution in [1.82, 2.24) is 24.9 Å². The lowest BCUT2D eigenvalue weighted by Gasteiger charge is -2.16. The van der Waals surface area contributed by atoms with Crippen LogP contribution in [0, 0.1) is 5.92 Å². The van der Waals surface area contributed by atoms with Crippen molar-refractivity contribution in [2.24, 2.45) is 13.0 Å². The SMILES string of the molecule is Cl.Cn1cc([C@H]2CNC[C@@H]2C(=O)Nc2cnn(Cc3ccccc3)c2)cn1. The number of hydrogen-bond acceptors (Lipinski definition) is 4. The van der Waals surface area contributed by atoms with Crippen LogP contribution in [0.2, 0.25) is 0 Å². The highest BCUT2D eigenvalue weighted by Gasteiger charge is 2.34. The third-order valence-electron chi connectivity index (χ3n) is 4.79. The standard InChI is InChI=1S/C19H22N6O.ClH/c1-24-12-15(7-21-24)17-9-20-10-18(17)19(26)23-16-8-22-25(13-16)11-14-5-3-2-4-6-14;/h2-8,12-13,17-18,20H,9-11H2,1H3,(H,23,26);1H/t17-,18+;/m1./s1. The predicted molar refractivity (Wildman–Crippen MR) is 106 cm³/mol. The zero-order valence-electron chi connectivity index (χ0n) is 15.1. The Morgan fingerprint density at radius 3 is 2.74 bits per heavy atom. The van der Waals surface area contributed by atoms with Crippen molar-refractivity contribution in [1.29, 1.82) is 0 Å². The Kier molecular flexibility index (Phi) is 5.93. The first-order chi connectivity index (χ1) is 12.7. The van der Waals surface area contributed by atoms with Gasteiger partial charge in [-0.15, -0.1) is 12.4 Å². The first kappa shape index (κ1) is 19.1. The van der Waals surface area contributed by atoms with Gasteiger partial charge in [0.25, 0.3) is 0 Å². The number of nitrogens with one attached hydrogen (secondary N) is 2. The third kappa shape index (κ3) is 4.37. The Morgan fingerprint density at radius 1 is 1.19 bits per heavy atom. The molecule has 0 spiro atoms. The molecule has 8 heteroatoms. The summed E-state index contributed by atoms with van der Waals surface area (Å²) in [5.74, 6) is 0.0443. The number of benzene rings is 1. The maximum Gasteiger partial charge on any atom is 0.229 e. The Bertz CT molecular complexity index is 891. The lowest BCUT2D eigenvalue weighted by atomic mass is 9.90. The number of halogens is 1. The second-order valence-electron chi connectivity index (χ2n) is 6.72. The quantitative estimate of drug-likeness (QED) is 0.703. The molecule has 2 aromatic heterocycles. The predicted octanol–water partition coefficient (Wildman–Crippen LogP) is 2.03. The highest BCUT2D eigenvalue weighted by molar-refractivity contribution is 5.93. The van der Waals surface area contributed by atoms with Crippen LogP contribution < -0.4 is 10.6 Å². The minimum atomic E-state index is -0.114. The molecule has 3 heterocycles. The van der Waals surface area contributed by atoms with Crippen molar-refractivity contribution in [3.05, 3.63) is 66.2 Å². The molecule has 0 aliphatic carbocycles. The fraction of sp³-hybridized carbons (Fsp3) is 0.316. The van der Waals surface area contributed by atoms with E-state index in [1.165, 1.54) is 5.56 Å². The fourth-order valence-electron chi connectivity index (χ4n) is 3.46. The highest BCUT2D eigenvalue weighted by Crippen LogP contribution is 2.28. The summed E-state index contributed by atoms with van der Waals surface area (Å²) < 4.78 is 3.60. The van der Waals surface area contributed by atoms with Gasteiger partial charge in [0.2, 0.25) is 5.91 Å². The van der Waals surface area contributed by atoms with E-state index in [2.05, 4.69) is 33.0 Å². The Hall–Kier alpha value is -2.64. The molecule has 4 rings (SSSR count). The minimum Gasteiger partial charge on any atom is -0.323 e. The van der Waals surface area contributed by atoms with Crippen molar-refractivity contribution in [3.8, 4) is 0 Å². The van der Waals surface area contributed by atoms with Gasteiger partial charge in [-0.25, -0.2) is 0 Å². The molecule has 0 radical (unpaired) electrons. The average molecular weight is 387 g/mol. The van der Waals surface area contributed by atoms with E-state index in [4.69, 9.17) is 0 Å². The van der Waals surface area contributed by atoms with Crippen LogP contribution in [0.25, 0.3) is 0 Å². The molecule has 1 aromatic carbocycles. The van der Waals surface area contributed by atoms with E-state index in [1.54, 1.807) is 10.9 Å². The largest absolute Gasteiger partial charge is 0.323 e. The molecule has 0 unspecified atom stereocenters. The summed E-state index contributed by atoms with van der Waals surface area (Å²) in [4.78, 5) is 12.8. The van der Waals surface area contributed by atoms with E-state index in [9.17, 15) is 4.79 Å². The first-order valence-electron chi connectivity index (χ1n) is 8.75. The van der Waals surface area contributed by atoms with Crippen LogP contribution in [0.15, 0.2) is 55.1 Å². The molecule has 1 aliphatic rings. The lowest BCUT2D eigenvalue weighted by Crippen LogP contribution is -2.27. The topological polar surface area (TPSA) is 76.8 Å². The molecule has 142 valence electrons. The van der Waals surface area contributed by atoms with Crippen molar-refractivity contribution in [2.45, 2.75) is 12.5 Å². The molecule has 27 heavy (non-hydrogen) atoms. The Morgan fingerprint density at radius 2 is 2.00 bits per heavy atom. The molecular weight excluding hydrogens is 364 g/mol. The maximum absolute atomic E-state index is 12.8. The van der Waals surface area contributed by atoms with E-state index in [-0.39, 0.29) is 30.2 Å². The van der Waals surface area contributed by atoms with Gasteiger partial charge < -0.3 is 10.6 Å². The van der Waals surface area contributed by atoms with Crippen LogP contribution in [-0.4, -0.2) is 38.6 Å². The second-order valence-corrected chi connectivity index (χ2v) is 6.72. The van der Waals surface area contributed by atoms with E-state index in [1.807, 2.05) is 48.5 Å². The van der Waals surface area contributed by atoms with Crippen LogP contribution in [0.4, 0.5) is 5.69 Å². The summed E-state index contributed by atoms with van der Waals surface area (Å²) in [5.41, 5.74) is 2.99.